The highest BCUT2D eigenvalue weighted by Crippen LogP contribution is 2.29. The van der Waals surface area contributed by atoms with Gasteiger partial charge >= 0.3 is 0 Å². The van der Waals surface area contributed by atoms with Crippen molar-refractivity contribution < 1.29 is 19.0 Å². The number of carbonyl (C=O) groups is 1. The molecule has 1 N–H and O–H groups in total. The molecule has 0 atom stereocenters. The van der Waals surface area contributed by atoms with Gasteiger partial charge in [-0.15, -0.1) is 0 Å². The van der Waals surface area contributed by atoms with Crippen LogP contribution in [0, 0.1) is 0 Å². The van der Waals surface area contributed by atoms with Crippen LogP contribution in [0.2, 0.25) is 0 Å². The van der Waals surface area contributed by atoms with Crippen molar-refractivity contribution in [2.45, 2.75) is 20.5 Å². The zero-order valence-electron chi connectivity index (χ0n) is 18.8. The first-order valence-corrected chi connectivity index (χ1v) is 11.1. The molecule has 33 heavy (non-hydrogen) atoms. The third-order valence-electron chi connectivity index (χ3n) is 5.19. The molecule has 0 spiro atoms. The van der Waals surface area contributed by atoms with E-state index in [4.69, 9.17) is 14.2 Å². The molecule has 0 heterocycles. The summed E-state index contributed by atoms with van der Waals surface area (Å²) in [7, 11) is 0. The third-order valence-corrected chi connectivity index (χ3v) is 5.19. The van der Waals surface area contributed by atoms with Gasteiger partial charge in [-0.05, 0) is 55.6 Å². The zero-order chi connectivity index (χ0) is 23.0. The van der Waals surface area contributed by atoms with Crippen LogP contribution in [-0.4, -0.2) is 19.1 Å². The molecule has 168 valence electrons. The van der Waals surface area contributed by atoms with Crippen molar-refractivity contribution in [1.29, 1.82) is 0 Å². The lowest BCUT2D eigenvalue weighted by molar-refractivity contribution is 0.102. The highest BCUT2D eigenvalue weighted by atomic mass is 16.5. The molecule has 4 aromatic rings. The number of benzene rings is 4. The van der Waals surface area contributed by atoms with E-state index < -0.39 is 0 Å². The number of carbonyl (C=O) groups excluding carboxylic acids is 1. The van der Waals surface area contributed by atoms with Crippen LogP contribution >= 0.6 is 0 Å². The van der Waals surface area contributed by atoms with Crippen LogP contribution < -0.4 is 19.5 Å². The first-order valence-electron chi connectivity index (χ1n) is 11.1. The molecule has 1 amide bonds. The lowest BCUT2D eigenvalue weighted by Gasteiger charge is -2.15. The van der Waals surface area contributed by atoms with Crippen molar-refractivity contribution in [1.82, 2.24) is 0 Å². The molecule has 0 fully saturated rings. The van der Waals surface area contributed by atoms with Gasteiger partial charge in [-0.1, -0.05) is 48.5 Å². The van der Waals surface area contributed by atoms with Crippen molar-refractivity contribution in [2.24, 2.45) is 0 Å². The highest BCUT2D eigenvalue weighted by Gasteiger charge is 2.14. The second-order valence-electron chi connectivity index (χ2n) is 7.40. The van der Waals surface area contributed by atoms with Crippen LogP contribution in [-0.2, 0) is 6.61 Å². The molecule has 4 aromatic carbocycles. The predicted octanol–water partition coefficient (Wildman–Crippen LogP) is 6.47. The molecule has 4 rings (SSSR count). The Morgan fingerprint density at radius 3 is 2.27 bits per heavy atom. The van der Waals surface area contributed by atoms with Gasteiger partial charge in [-0.2, -0.15) is 0 Å². The normalized spacial score (nSPS) is 10.6. The Hall–Kier alpha value is -3.99. The maximum Gasteiger partial charge on any atom is 0.255 e. The quantitative estimate of drug-likeness (QED) is 0.323. The van der Waals surface area contributed by atoms with E-state index in [1.807, 2.05) is 80.6 Å². The van der Waals surface area contributed by atoms with E-state index in [2.05, 4.69) is 17.4 Å². The minimum Gasteiger partial charge on any atom is -0.493 e. The van der Waals surface area contributed by atoms with Gasteiger partial charge in [0.2, 0.25) is 0 Å². The lowest BCUT2D eigenvalue weighted by atomic mass is 10.1. The van der Waals surface area contributed by atoms with Crippen LogP contribution in [0.3, 0.4) is 0 Å². The molecule has 0 aromatic heterocycles. The number of nitrogens with one attached hydrogen (secondary N) is 1. The van der Waals surface area contributed by atoms with Crippen LogP contribution in [0.25, 0.3) is 10.8 Å². The van der Waals surface area contributed by atoms with Gasteiger partial charge in [-0.3, -0.25) is 4.79 Å². The minimum absolute atomic E-state index is 0.225. The monoisotopic (exact) mass is 441 g/mol. The number of rotatable bonds is 9. The molecule has 5 nitrogen and oxygen atoms in total. The summed E-state index contributed by atoms with van der Waals surface area (Å²) in [5.74, 6) is 1.90. The fourth-order valence-electron chi connectivity index (χ4n) is 3.65. The summed E-state index contributed by atoms with van der Waals surface area (Å²) < 4.78 is 17.6. The van der Waals surface area contributed by atoms with Gasteiger partial charge in [0.1, 0.15) is 23.9 Å². The molecule has 0 unspecified atom stereocenters. The van der Waals surface area contributed by atoms with E-state index in [1.54, 1.807) is 6.07 Å². The lowest BCUT2D eigenvalue weighted by Crippen LogP contribution is -2.14. The predicted molar refractivity (Wildman–Crippen MR) is 131 cm³/mol. The Balaban J connectivity index is 1.57. The fourth-order valence-corrected chi connectivity index (χ4v) is 3.65. The molecule has 0 radical (unpaired) electrons. The summed E-state index contributed by atoms with van der Waals surface area (Å²) in [6, 6.07) is 26.8. The summed E-state index contributed by atoms with van der Waals surface area (Å²) in [5, 5.41) is 5.10. The largest absolute Gasteiger partial charge is 0.493 e. The average molecular weight is 442 g/mol. The number of amides is 1. The van der Waals surface area contributed by atoms with Crippen molar-refractivity contribution in [3.8, 4) is 17.2 Å². The van der Waals surface area contributed by atoms with E-state index >= 15 is 0 Å². The molecular formula is C28H27NO4. The molecule has 0 bridgehead atoms. The molecule has 5 heteroatoms. The SMILES string of the molecule is CCOc1ccc(C(=O)Nc2ccccc2OCC)cc1COc1cccc2ccccc12. The Kier molecular flexibility index (Phi) is 7.10. The highest BCUT2D eigenvalue weighted by molar-refractivity contribution is 6.05. The Morgan fingerprint density at radius 2 is 1.42 bits per heavy atom. The summed E-state index contributed by atoms with van der Waals surface area (Å²) in [6.07, 6.45) is 0. The van der Waals surface area contributed by atoms with E-state index in [1.165, 1.54) is 0 Å². The second-order valence-corrected chi connectivity index (χ2v) is 7.40. The number of anilines is 1. The first-order chi connectivity index (χ1) is 16.2. The zero-order valence-corrected chi connectivity index (χ0v) is 18.8. The molecule has 0 saturated carbocycles. The molecule has 0 aliphatic rings. The third kappa shape index (κ3) is 5.26. The summed E-state index contributed by atoms with van der Waals surface area (Å²) >= 11 is 0. The van der Waals surface area contributed by atoms with Crippen LogP contribution in [0.4, 0.5) is 5.69 Å². The van der Waals surface area contributed by atoms with Gasteiger partial charge < -0.3 is 19.5 Å². The molecule has 0 aliphatic heterocycles. The van der Waals surface area contributed by atoms with Gasteiger partial charge in [-0.25, -0.2) is 0 Å². The first kappa shape index (κ1) is 22.2. The topological polar surface area (TPSA) is 56.8 Å². The molecular weight excluding hydrogens is 414 g/mol. The number of para-hydroxylation sites is 2. The van der Waals surface area contributed by atoms with Crippen LogP contribution in [0.1, 0.15) is 29.8 Å². The number of fused-ring (bicyclic) bond motifs is 1. The van der Waals surface area contributed by atoms with Gasteiger partial charge in [0.15, 0.2) is 0 Å². The number of ether oxygens (including phenoxy) is 3. The average Bonchev–Trinajstić information content (AvgIpc) is 2.85. The molecule has 0 saturated heterocycles. The minimum atomic E-state index is -0.225. The van der Waals surface area contributed by atoms with E-state index in [0.29, 0.717) is 36.0 Å². The Bertz CT molecular complexity index is 1250. The Morgan fingerprint density at radius 1 is 0.727 bits per heavy atom. The molecule has 0 aliphatic carbocycles. The van der Waals surface area contributed by atoms with E-state index in [9.17, 15) is 4.79 Å². The summed E-state index contributed by atoms with van der Waals surface area (Å²) in [6.45, 7) is 5.16. The number of hydrogen-bond donors (Lipinski definition) is 1. The summed E-state index contributed by atoms with van der Waals surface area (Å²) in [5.41, 5.74) is 1.95. The van der Waals surface area contributed by atoms with Crippen LogP contribution in [0.15, 0.2) is 84.9 Å². The number of hydrogen-bond acceptors (Lipinski definition) is 4. The van der Waals surface area contributed by atoms with Gasteiger partial charge in [0.25, 0.3) is 5.91 Å². The smallest absolute Gasteiger partial charge is 0.255 e. The van der Waals surface area contributed by atoms with Crippen molar-refractivity contribution >= 4 is 22.4 Å². The second kappa shape index (κ2) is 10.6. The van der Waals surface area contributed by atoms with Crippen LogP contribution in [0.5, 0.6) is 17.2 Å². The fraction of sp³-hybridized carbons (Fsp3) is 0.179. The van der Waals surface area contributed by atoms with Crippen molar-refractivity contribution in [3.05, 3.63) is 96.1 Å². The maximum absolute atomic E-state index is 13.0. The van der Waals surface area contributed by atoms with Gasteiger partial charge in [0.05, 0.1) is 18.9 Å². The van der Waals surface area contributed by atoms with E-state index in [-0.39, 0.29) is 12.5 Å². The van der Waals surface area contributed by atoms with Crippen molar-refractivity contribution in [2.75, 3.05) is 18.5 Å². The van der Waals surface area contributed by atoms with E-state index in [0.717, 1.165) is 22.1 Å². The standard InChI is InChI=1S/C28H27NO4/c1-3-31-25-17-16-21(28(30)29-24-13-7-8-14-27(24)32-4-2)18-22(25)19-33-26-15-9-11-20-10-5-6-12-23(20)26/h5-18H,3-4,19H2,1-2H3,(H,29,30). The maximum atomic E-state index is 13.0. The van der Waals surface area contributed by atoms with Crippen molar-refractivity contribution in [3.63, 3.8) is 0 Å². The van der Waals surface area contributed by atoms with Gasteiger partial charge in [0, 0.05) is 16.5 Å². The summed E-state index contributed by atoms with van der Waals surface area (Å²) in [4.78, 5) is 13.0. The Labute approximate surface area is 193 Å².